The smallest absolute Gasteiger partial charge is 0.268 e. The Labute approximate surface area is 113 Å². The number of aryl methyl sites for hydroxylation is 1. The van der Waals surface area contributed by atoms with Crippen molar-refractivity contribution in [3.63, 3.8) is 0 Å². The molecule has 1 aromatic heterocycles. The fraction of sp³-hybridized carbons (Fsp3) is 0.400. The molecule has 0 saturated heterocycles. The molecule has 0 saturated carbocycles. The van der Waals surface area contributed by atoms with E-state index in [2.05, 4.69) is 17.2 Å². The van der Waals surface area contributed by atoms with Gasteiger partial charge in [0.15, 0.2) is 0 Å². The number of aromatic nitrogens is 1. The maximum absolute atomic E-state index is 12.1. The Kier molecular flexibility index (Phi) is 4.10. The average Bonchev–Trinajstić information content (AvgIpc) is 2.75. The molecular weight excluding hydrogens is 240 g/mol. The molecule has 0 atom stereocenters. The van der Waals surface area contributed by atoms with Gasteiger partial charge in [-0.05, 0) is 31.0 Å². The molecule has 0 radical (unpaired) electrons. The van der Waals surface area contributed by atoms with Crippen molar-refractivity contribution in [1.82, 2.24) is 10.3 Å². The number of hydrogen-bond donors (Lipinski definition) is 2. The molecular formula is C15H20N2O2. The van der Waals surface area contributed by atoms with Crippen molar-refractivity contribution in [3.8, 4) is 5.75 Å². The highest BCUT2D eigenvalue weighted by atomic mass is 16.5. The van der Waals surface area contributed by atoms with E-state index in [4.69, 9.17) is 4.74 Å². The molecule has 0 unspecified atom stereocenters. The second-order valence-corrected chi connectivity index (χ2v) is 4.65. The van der Waals surface area contributed by atoms with Crippen molar-refractivity contribution in [1.29, 1.82) is 0 Å². The Morgan fingerprint density at radius 3 is 2.89 bits per heavy atom. The summed E-state index contributed by atoms with van der Waals surface area (Å²) in [6.07, 6.45) is 2.07. The highest BCUT2D eigenvalue weighted by Crippen LogP contribution is 2.25. The molecule has 102 valence electrons. The zero-order valence-corrected chi connectivity index (χ0v) is 11.7. The highest BCUT2D eigenvalue weighted by Gasteiger charge is 2.14. The molecule has 1 aromatic carbocycles. The van der Waals surface area contributed by atoms with Crippen LogP contribution in [0.15, 0.2) is 18.2 Å². The third-order valence-electron chi connectivity index (χ3n) is 3.31. The fourth-order valence-corrected chi connectivity index (χ4v) is 2.14. The number of aromatic amines is 1. The first-order valence-electron chi connectivity index (χ1n) is 6.62. The number of carbonyl (C=O) groups is 1. The number of ether oxygens (including phenoxy) is 1. The summed E-state index contributed by atoms with van der Waals surface area (Å²) >= 11 is 0. The maximum Gasteiger partial charge on any atom is 0.268 e. The van der Waals surface area contributed by atoms with E-state index in [1.807, 2.05) is 25.1 Å². The first-order valence-corrected chi connectivity index (χ1v) is 6.62. The van der Waals surface area contributed by atoms with E-state index >= 15 is 0 Å². The largest absolute Gasteiger partial charge is 0.497 e. The van der Waals surface area contributed by atoms with Gasteiger partial charge in [-0.3, -0.25) is 4.79 Å². The monoisotopic (exact) mass is 260 g/mol. The summed E-state index contributed by atoms with van der Waals surface area (Å²) in [5.41, 5.74) is 2.54. The van der Waals surface area contributed by atoms with Gasteiger partial charge in [0.25, 0.3) is 5.91 Å². The second kappa shape index (κ2) is 5.78. The molecule has 0 bridgehead atoms. The SMILES string of the molecule is CCCCNC(=O)c1[nH]c2cc(OC)ccc2c1C. The third-order valence-corrected chi connectivity index (χ3v) is 3.31. The van der Waals surface area contributed by atoms with Gasteiger partial charge in [-0.25, -0.2) is 0 Å². The Hall–Kier alpha value is -1.97. The van der Waals surface area contributed by atoms with Crippen LogP contribution in [0.3, 0.4) is 0 Å². The number of H-pyrrole nitrogens is 1. The standard InChI is InChI=1S/C15H20N2O2/c1-4-5-8-16-15(18)14-10(2)12-7-6-11(19-3)9-13(12)17-14/h6-7,9,17H,4-5,8H2,1-3H3,(H,16,18). The normalized spacial score (nSPS) is 10.7. The van der Waals surface area contributed by atoms with Gasteiger partial charge in [0.1, 0.15) is 11.4 Å². The predicted octanol–water partition coefficient (Wildman–Crippen LogP) is 3.01. The maximum atomic E-state index is 12.1. The van der Waals surface area contributed by atoms with E-state index in [0.29, 0.717) is 12.2 Å². The van der Waals surface area contributed by atoms with Crippen molar-refractivity contribution < 1.29 is 9.53 Å². The van der Waals surface area contributed by atoms with Crippen LogP contribution in [0.25, 0.3) is 10.9 Å². The lowest BCUT2D eigenvalue weighted by molar-refractivity contribution is 0.0948. The van der Waals surface area contributed by atoms with Crippen molar-refractivity contribution in [3.05, 3.63) is 29.5 Å². The first kappa shape index (κ1) is 13.5. The van der Waals surface area contributed by atoms with Gasteiger partial charge in [-0.2, -0.15) is 0 Å². The van der Waals surface area contributed by atoms with E-state index in [-0.39, 0.29) is 5.91 Å². The van der Waals surface area contributed by atoms with E-state index in [1.165, 1.54) is 0 Å². The van der Waals surface area contributed by atoms with Crippen molar-refractivity contribution in [2.24, 2.45) is 0 Å². The Morgan fingerprint density at radius 2 is 2.21 bits per heavy atom. The van der Waals surface area contributed by atoms with Crippen molar-refractivity contribution >= 4 is 16.8 Å². The van der Waals surface area contributed by atoms with E-state index in [0.717, 1.165) is 35.1 Å². The zero-order chi connectivity index (χ0) is 13.8. The molecule has 0 fully saturated rings. The average molecular weight is 260 g/mol. The number of hydrogen-bond acceptors (Lipinski definition) is 2. The number of methoxy groups -OCH3 is 1. The summed E-state index contributed by atoms with van der Waals surface area (Å²) in [5.74, 6) is 0.743. The molecule has 4 heteroatoms. The van der Waals surface area contributed by atoms with Crippen molar-refractivity contribution in [2.45, 2.75) is 26.7 Å². The quantitative estimate of drug-likeness (QED) is 0.812. The molecule has 0 aliphatic rings. The summed E-state index contributed by atoms with van der Waals surface area (Å²) in [6.45, 7) is 4.78. The van der Waals surface area contributed by atoms with Gasteiger partial charge in [-0.15, -0.1) is 0 Å². The van der Waals surface area contributed by atoms with Crippen LogP contribution in [-0.4, -0.2) is 24.5 Å². The molecule has 19 heavy (non-hydrogen) atoms. The van der Waals surface area contributed by atoms with Gasteiger partial charge < -0.3 is 15.0 Å². The molecule has 0 aliphatic carbocycles. The number of carbonyl (C=O) groups excluding carboxylic acids is 1. The van der Waals surface area contributed by atoms with Gasteiger partial charge in [0, 0.05) is 23.5 Å². The second-order valence-electron chi connectivity index (χ2n) is 4.65. The van der Waals surface area contributed by atoms with Gasteiger partial charge in [0.05, 0.1) is 7.11 Å². The number of rotatable bonds is 5. The van der Waals surface area contributed by atoms with Crippen LogP contribution in [-0.2, 0) is 0 Å². The third kappa shape index (κ3) is 2.72. The minimum atomic E-state index is -0.0406. The highest BCUT2D eigenvalue weighted by molar-refractivity contribution is 6.01. The summed E-state index contributed by atoms with van der Waals surface area (Å²) in [4.78, 5) is 15.3. The van der Waals surface area contributed by atoms with E-state index in [1.54, 1.807) is 7.11 Å². The van der Waals surface area contributed by atoms with Gasteiger partial charge in [0.2, 0.25) is 0 Å². The number of fused-ring (bicyclic) bond motifs is 1. The van der Waals surface area contributed by atoms with Crippen LogP contribution < -0.4 is 10.1 Å². The lowest BCUT2D eigenvalue weighted by Gasteiger charge is -2.03. The molecule has 0 spiro atoms. The summed E-state index contributed by atoms with van der Waals surface area (Å²) < 4.78 is 5.19. The molecule has 0 aliphatic heterocycles. The van der Waals surface area contributed by atoms with Crippen LogP contribution in [0.4, 0.5) is 0 Å². The van der Waals surface area contributed by atoms with E-state index in [9.17, 15) is 4.79 Å². The van der Waals surface area contributed by atoms with E-state index < -0.39 is 0 Å². The Morgan fingerprint density at radius 1 is 1.42 bits per heavy atom. The number of unbranched alkanes of at least 4 members (excludes halogenated alkanes) is 1. The van der Waals surface area contributed by atoms with Crippen LogP contribution in [0, 0.1) is 6.92 Å². The van der Waals surface area contributed by atoms with Crippen LogP contribution in [0.5, 0.6) is 5.75 Å². The zero-order valence-electron chi connectivity index (χ0n) is 11.7. The Balaban J connectivity index is 2.28. The summed E-state index contributed by atoms with van der Waals surface area (Å²) in [7, 11) is 1.63. The summed E-state index contributed by atoms with van der Waals surface area (Å²) in [5, 5.41) is 3.99. The first-order chi connectivity index (χ1) is 9.17. The minimum Gasteiger partial charge on any atom is -0.497 e. The number of nitrogens with one attached hydrogen (secondary N) is 2. The molecule has 1 heterocycles. The minimum absolute atomic E-state index is 0.0406. The molecule has 2 aromatic rings. The Bertz CT molecular complexity index is 587. The lowest BCUT2D eigenvalue weighted by Crippen LogP contribution is -2.25. The van der Waals surface area contributed by atoms with Gasteiger partial charge in [-0.1, -0.05) is 13.3 Å². The van der Waals surface area contributed by atoms with Crippen LogP contribution in [0.2, 0.25) is 0 Å². The van der Waals surface area contributed by atoms with Gasteiger partial charge >= 0.3 is 0 Å². The number of benzene rings is 1. The van der Waals surface area contributed by atoms with Crippen molar-refractivity contribution in [2.75, 3.05) is 13.7 Å². The number of amides is 1. The van der Waals surface area contributed by atoms with Crippen LogP contribution >= 0.6 is 0 Å². The predicted molar refractivity (Wildman–Crippen MR) is 76.8 cm³/mol. The lowest BCUT2D eigenvalue weighted by atomic mass is 10.1. The molecule has 2 N–H and O–H groups in total. The topological polar surface area (TPSA) is 54.1 Å². The molecule has 1 amide bonds. The molecule has 2 rings (SSSR count). The fourth-order valence-electron chi connectivity index (χ4n) is 2.14. The van der Waals surface area contributed by atoms with Crippen LogP contribution in [0.1, 0.15) is 35.8 Å². The summed E-state index contributed by atoms with van der Waals surface area (Å²) in [6, 6.07) is 5.79. The molecule has 4 nitrogen and oxygen atoms in total.